The highest BCUT2D eigenvalue weighted by Crippen LogP contribution is 2.19. The molecule has 1 atom stereocenters. The number of aromatic nitrogens is 1. The van der Waals surface area contributed by atoms with Crippen LogP contribution in [0.1, 0.15) is 25.2 Å². The molecule has 0 unspecified atom stereocenters. The lowest BCUT2D eigenvalue weighted by atomic mass is 10.0. The first-order chi connectivity index (χ1) is 8.92. The van der Waals surface area contributed by atoms with Gasteiger partial charge in [0, 0.05) is 18.0 Å². The number of rotatable bonds is 3. The number of nitrogens with zero attached hydrogens (tertiary/aromatic N) is 1. The predicted octanol–water partition coefficient (Wildman–Crippen LogP) is 3.03. The van der Waals surface area contributed by atoms with Crippen LogP contribution in [0.25, 0.3) is 11.3 Å². The quantitative estimate of drug-likeness (QED) is 0.899. The van der Waals surface area contributed by atoms with Crippen molar-refractivity contribution < 1.29 is 4.42 Å². The zero-order valence-corrected chi connectivity index (χ0v) is 10.4. The molecule has 1 aromatic heterocycles. The van der Waals surface area contributed by atoms with Crippen molar-refractivity contribution in [2.45, 2.75) is 31.7 Å². The molecule has 2 heterocycles. The second-order valence-electron chi connectivity index (χ2n) is 4.84. The molecule has 1 aliphatic heterocycles. The molecule has 1 saturated heterocycles. The van der Waals surface area contributed by atoms with Crippen molar-refractivity contribution in [2.24, 2.45) is 0 Å². The molecule has 2 aromatic rings. The van der Waals surface area contributed by atoms with Gasteiger partial charge in [-0.3, -0.25) is 0 Å². The van der Waals surface area contributed by atoms with Gasteiger partial charge in [0.15, 0.2) is 5.89 Å². The third-order valence-electron chi connectivity index (χ3n) is 3.45. The summed E-state index contributed by atoms with van der Waals surface area (Å²) in [5.41, 5.74) is 2.05. The highest BCUT2D eigenvalue weighted by molar-refractivity contribution is 5.57. The summed E-state index contributed by atoms with van der Waals surface area (Å²) in [4.78, 5) is 4.57. The van der Waals surface area contributed by atoms with Crippen LogP contribution in [0, 0.1) is 0 Å². The van der Waals surface area contributed by atoms with E-state index in [1.165, 1.54) is 19.3 Å². The number of nitrogens with one attached hydrogen (secondary N) is 1. The molecule has 0 aliphatic carbocycles. The van der Waals surface area contributed by atoms with Gasteiger partial charge in [-0.1, -0.05) is 36.8 Å². The lowest BCUT2D eigenvalue weighted by molar-refractivity contribution is 0.367. The SMILES string of the molecule is c1ccc(-c2coc(C[C@@H]3CCCCN3)n2)cc1. The van der Waals surface area contributed by atoms with Gasteiger partial charge in [-0.15, -0.1) is 0 Å². The predicted molar refractivity (Wildman–Crippen MR) is 71.3 cm³/mol. The van der Waals surface area contributed by atoms with Gasteiger partial charge in [0.05, 0.1) is 0 Å². The summed E-state index contributed by atoms with van der Waals surface area (Å²) in [5, 5.41) is 3.52. The number of hydrogen-bond acceptors (Lipinski definition) is 3. The molecule has 3 rings (SSSR count). The first-order valence-electron chi connectivity index (χ1n) is 6.65. The number of benzene rings is 1. The molecule has 1 aliphatic rings. The second kappa shape index (κ2) is 5.36. The lowest BCUT2D eigenvalue weighted by Crippen LogP contribution is -2.35. The van der Waals surface area contributed by atoms with Gasteiger partial charge < -0.3 is 9.73 Å². The fourth-order valence-electron chi connectivity index (χ4n) is 2.46. The zero-order chi connectivity index (χ0) is 12.2. The summed E-state index contributed by atoms with van der Waals surface area (Å²) in [6.45, 7) is 1.12. The number of piperidine rings is 1. The lowest BCUT2D eigenvalue weighted by Gasteiger charge is -2.21. The Morgan fingerprint density at radius 2 is 2.11 bits per heavy atom. The molecule has 0 bridgehead atoms. The fraction of sp³-hybridized carbons (Fsp3) is 0.400. The molecular formula is C15H18N2O. The molecule has 0 radical (unpaired) electrons. The first-order valence-corrected chi connectivity index (χ1v) is 6.65. The van der Waals surface area contributed by atoms with Crippen LogP contribution >= 0.6 is 0 Å². The van der Waals surface area contributed by atoms with E-state index in [1.807, 2.05) is 18.2 Å². The van der Waals surface area contributed by atoms with Crippen LogP contribution in [-0.4, -0.2) is 17.6 Å². The molecule has 0 spiro atoms. The van der Waals surface area contributed by atoms with Crippen molar-refractivity contribution in [3.63, 3.8) is 0 Å². The van der Waals surface area contributed by atoms with E-state index >= 15 is 0 Å². The standard InChI is InChI=1S/C15H18N2O/c1-2-6-12(7-3-1)14-11-18-15(17-14)10-13-8-4-5-9-16-13/h1-3,6-7,11,13,16H,4-5,8-10H2/t13-/m0/s1. The summed E-state index contributed by atoms with van der Waals surface area (Å²) in [6.07, 6.45) is 6.48. The van der Waals surface area contributed by atoms with Crippen LogP contribution in [0.15, 0.2) is 41.0 Å². The van der Waals surface area contributed by atoms with Gasteiger partial charge in [0.2, 0.25) is 0 Å². The minimum absolute atomic E-state index is 0.529. The second-order valence-corrected chi connectivity index (χ2v) is 4.84. The van der Waals surface area contributed by atoms with Gasteiger partial charge >= 0.3 is 0 Å². The van der Waals surface area contributed by atoms with E-state index in [1.54, 1.807) is 6.26 Å². The molecule has 3 nitrogen and oxygen atoms in total. The van der Waals surface area contributed by atoms with Crippen LogP contribution in [0.2, 0.25) is 0 Å². The third-order valence-corrected chi connectivity index (χ3v) is 3.45. The summed E-state index contributed by atoms with van der Waals surface area (Å²) >= 11 is 0. The Morgan fingerprint density at radius 3 is 2.89 bits per heavy atom. The van der Waals surface area contributed by atoms with Crippen LogP contribution in [0.4, 0.5) is 0 Å². The Hall–Kier alpha value is -1.61. The first kappa shape index (κ1) is 11.5. The number of oxazole rings is 1. The van der Waals surface area contributed by atoms with Crippen molar-refractivity contribution in [1.82, 2.24) is 10.3 Å². The molecule has 1 N–H and O–H groups in total. The third kappa shape index (κ3) is 2.62. The Labute approximate surface area is 107 Å². The minimum Gasteiger partial charge on any atom is -0.448 e. The Bertz CT molecular complexity index is 486. The summed E-state index contributed by atoms with van der Waals surface area (Å²) < 4.78 is 5.57. The van der Waals surface area contributed by atoms with Gasteiger partial charge in [-0.25, -0.2) is 4.98 Å². The van der Waals surface area contributed by atoms with Crippen LogP contribution in [0.3, 0.4) is 0 Å². The smallest absolute Gasteiger partial charge is 0.196 e. The summed E-state index contributed by atoms with van der Waals surface area (Å²) in [7, 11) is 0. The minimum atomic E-state index is 0.529. The number of hydrogen-bond donors (Lipinski definition) is 1. The van der Waals surface area contributed by atoms with E-state index in [2.05, 4.69) is 22.4 Å². The van der Waals surface area contributed by atoms with Gasteiger partial charge in [0.25, 0.3) is 0 Å². The van der Waals surface area contributed by atoms with E-state index in [0.717, 1.165) is 30.1 Å². The van der Waals surface area contributed by atoms with E-state index in [0.29, 0.717) is 6.04 Å². The zero-order valence-electron chi connectivity index (χ0n) is 10.4. The maximum Gasteiger partial charge on any atom is 0.196 e. The van der Waals surface area contributed by atoms with Crippen LogP contribution in [-0.2, 0) is 6.42 Å². The highest BCUT2D eigenvalue weighted by atomic mass is 16.3. The van der Waals surface area contributed by atoms with Crippen LogP contribution < -0.4 is 5.32 Å². The average Bonchev–Trinajstić information content (AvgIpc) is 2.89. The van der Waals surface area contributed by atoms with E-state index in [-0.39, 0.29) is 0 Å². The van der Waals surface area contributed by atoms with E-state index in [4.69, 9.17) is 4.42 Å². The summed E-state index contributed by atoms with van der Waals surface area (Å²) in [6, 6.07) is 10.7. The topological polar surface area (TPSA) is 38.1 Å². The van der Waals surface area contributed by atoms with Crippen molar-refractivity contribution in [1.29, 1.82) is 0 Å². The molecule has 1 aromatic carbocycles. The molecule has 0 saturated carbocycles. The maximum absolute atomic E-state index is 5.57. The Morgan fingerprint density at radius 1 is 1.22 bits per heavy atom. The average molecular weight is 242 g/mol. The van der Waals surface area contributed by atoms with E-state index < -0.39 is 0 Å². The van der Waals surface area contributed by atoms with Gasteiger partial charge in [0.1, 0.15) is 12.0 Å². The molecule has 0 amide bonds. The molecule has 3 heteroatoms. The largest absolute Gasteiger partial charge is 0.448 e. The highest BCUT2D eigenvalue weighted by Gasteiger charge is 2.16. The maximum atomic E-state index is 5.57. The van der Waals surface area contributed by atoms with Crippen molar-refractivity contribution in [3.05, 3.63) is 42.5 Å². The molecular weight excluding hydrogens is 224 g/mol. The van der Waals surface area contributed by atoms with Crippen molar-refractivity contribution >= 4 is 0 Å². The van der Waals surface area contributed by atoms with Crippen LogP contribution in [0.5, 0.6) is 0 Å². The fourth-order valence-corrected chi connectivity index (χ4v) is 2.46. The van der Waals surface area contributed by atoms with Gasteiger partial charge in [-0.05, 0) is 19.4 Å². The van der Waals surface area contributed by atoms with Crippen molar-refractivity contribution in [3.8, 4) is 11.3 Å². The molecule has 94 valence electrons. The molecule has 1 fully saturated rings. The molecule has 18 heavy (non-hydrogen) atoms. The monoisotopic (exact) mass is 242 g/mol. The van der Waals surface area contributed by atoms with E-state index in [9.17, 15) is 0 Å². The Balaban J connectivity index is 1.69. The van der Waals surface area contributed by atoms with Gasteiger partial charge in [-0.2, -0.15) is 0 Å². The summed E-state index contributed by atoms with van der Waals surface area (Å²) in [5.74, 6) is 0.841. The normalized spacial score (nSPS) is 19.9. The Kier molecular flexibility index (Phi) is 3.42. The van der Waals surface area contributed by atoms with Crippen molar-refractivity contribution in [2.75, 3.05) is 6.54 Å².